The molecular weight excluding hydrogens is 310 g/mol. The Labute approximate surface area is 148 Å². The van der Waals surface area contributed by atoms with Gasteiger partial charge in [0.2, 0.25) is 0 Å². The number of esters is 1. The van der Waals surface area contributed by atoms with Gasteiger partial charge < -0.3 is 10.1 Å². The number of rotatable bonds is 2. The first-order chi connectivity index (χ1) is 12.3. The molecule has 5 rings (SSSR count). The Balaban J connectivity index is 1.61. The minimum absolute atomic E-state index is 0.243. The lowest BCUT2D eigenvalue weighted by Gasteiger charge is -2.43. The summed E-state index contributed by atoms with van der Waals surface area (Å²) in [6.07, 6.45) is 4.01. The first-order valence-corrected chi connectivity index (χ1v) is 9.30. The Morgan fingerprint density at radius 3 is 2.68 bits per heavy atom. The molecule has 2 aromatic rings. The molecule has 3 aliphatic rings. The van der Waals surface area contributed by atoms with Crippen LogP contribution in [0.2, 0.25) is 0 Å². The zero-order chi connectivity index (χ0) is 17.0. The average molecular weight is 333 g/mol. The first kappa shape index (κ1) is 15.0. The summed E-state index contributed by atoms with van der Waals surface area (Å²) in [7, 11) is 1.45. The van der Waals surface area contributed by atoms with Crippen molar-refractivity contribution in [2.75, 3.05) is 12.4 Å². The Hall–Kier alpha value is -2.29. The zero-order valence-corrected chi connectivity index (χ0v) is 14.4. The summed E-state index contributed by atoms with van der Waals surface area (Å²) in [5.74, 6) is 2.50. The second-order valence-corrected chi connectivity index (χ2v) is 7.76. The third kappa shape index (κ3) is 2.21. The van der Waals surface area contributed by atoms with Crippen LogP contribution in [0.3, 0.4) is 0 Å². The fourth-order valence-corrected chi connectivity index (χ4v) is 5.72. The van der Waals surface area contributed by atoms with E-state index in [-0.39, 0.29) is 5.97 Å². The quantitative estimate of drug-likeness (QED) is 0.805. The Morgan fingerprint density at radius 1 is 1.08 bits per heavy atom. The van der Waals surface area contributed by atoms with Gasteiger partial charge in [-0.05, 0) is 72.3 Å². The fraction of sp³-hybridized carbons (Fsp3) is 0.409. The molecule has 5 atom stereocenters. The predicted octanol–water partition coefficient (Wildman–Crippen LogP) is 4.77. The van der Waals surface area contributed by atoms with Gasteiger partial charge in [-0.3, -0.25) is 0 Å². The van der Waals surface area contributed by atoms with Crippen molar-refractivity contribution in [2.24, 2.45) is 17.8 Å². The summed E-state index contributed by atoms with van der Waals surface area (Å²) in [5, 5.41) is 3.80. The molecule has 0 aromatic heterocycles. The Kier molecular flexibility index (Phi) is 3.37. The number of carbonyl (C=O) groups is 1. The van der Waals surface area contributed by atoms with Gasteiger partial charge in [-0.15, -0.1) is 0 Å². The summed E-state index contributed by atoms with van der Waals surface area (Å²) in [6, 6.07) is 17.2. The average Bonchev–Trinajstić information content (AvgIpc) is 3.29. The highest BCUT2D eigenvalue weighted by Crippen LogP contribution is 2.63. The van der Waals surface area contributed by atoms with Crippen LogP contribution in [0.15, 0.2) is 48.5 Å². The molecule has 1 N–H and O–H groups in total. The second kappa shape index (κ2) is 5.62. The van der Waals surface area contributed by atoms with Crippen molar-refractivity contribution in [1.29, 1.82) is 0 Å². The van der Waals surface area contributed by atoms with Crippen LogP contribution in [-0.2, 0) is 4.74 Å². The maximum atomic E-state index is 12.0. The van der Waals surface area contributed by atoms with E-state index in [1.54, 1.807) is 0 Å². The van der Waals surface area contributed by atoms with Crippen molar-refractivity contribution in [2.45, 2.75) is 31.2 Å². The van der Waals surface area contributed by atoms with Gasteiger partial charge in [0, 0.05) is 5.69 Å². The summed E-state index contributed by atoms with van der Waals surface area (Å²) >= 11 is 0. The van der Waals surface area contributed by atoms with Crippen LogP contribution in [0.25, 0.3) is 0 Å². The van der Waals surface area contributed by atoms with Crippen molar-refractivity contribution >= 4 is 11.7 Å². The fourth-order valence-electron chi connectivity index (χ4n) is 5.72. The van der Waals surface area contributed by atoms with E-state index >= 15 is 0 Å². The highest BCUT2D eigenvalue weighted by Gasteiger charge is 2.53. The molecule has 2 saturated carbocycles. The van der Waals surface area contributed by atoms with E-state index in [9.17, 15) is 4.79 Å². The summed E-state index contributed by atoms with van der Waals surface area (Å²) < 4.78 is 4.93. The lowest BCUT2D eigenvalue weighted by atomic mass is 9.68. The van der Waals surface area contributed by atoms with Gasteiger partial charge in [-0.1, -0.05) is 30.3 Å². The van der Waals surface area contributed by atoms with Crippen LogP contribution in [0.4, 0.5) is 5.69 Å². The van der Waals surface area contributed by atoms with Crippen LogP contribution in [0.5, 0.6) is 0 Å². The molecule has 3 heteroatoms. The molecule has 0 spiro atoms. The molecule has 1 aliphatic heterocycles. The van der Waals surface area contributed by atoms with Gasteiger partial charge in [-0.2, -0.15) is 0 Å². The number of nitrogens with one attached hydrogen (secondary N) is 1. The third-order valence-electron chi connectivity index (χ3n) is 6.67. The number of hydrogen-bond donors (Lipinski definition) is 1. The van der Waals surface area contributed by atoms with Gasteiger partial charge in [0.1, 0.15) is 0 Å². The maximum Gasteiger partial charge on any atom is 0.337 e. The number of fused-ring (bicyclic) bond motifs is 7. The lowest BCUT2D eigenvalue weighted by Crippen LogP contribution is -2.35. The molecule has 0 unspecified atom stereocenters. The molecule has 25 heavy (non-hydrogen) atoms. The molecule has 0 radical (unpaired) electrons. The van der Waals surface area contributed by atoms with E-state index < -0.39 is 0 Å². The number of methoxy groups -OCH3 is 1. The summed E-state index contributed by atoms with van der Waals surface area (Å²) in [6.45, 7) is 0. The maximum absolute atomic E-state index is 12.0. The third-order valence-corrected chi connectivity index (χ3v) is 6.67. The largest absolute Gasteiger partial charge is 0.465 e. The highest BCUT2D eigenvalue weighted by atomic mass is 16.5. The van der Waals surface area contributed by atoms with Crippen molar-refractivity contribution in [1.82, 2.24) is 0 Å². The van der Waals surface area contributed by atoms with Crippen LogP contribution in [0.1, 0.15) is 52.7 Å². The van der Waals surface area contributed by atoms with Gasteiger partial charge >= 0.3 is 5.97 Å². The predicted molar refractivity (Wildman–Crippen MR) is 97.6 cm³/mol. The molecule has 0 amide bonds. The van der Waals surface area contributed by atoms with Crippen LogP contribution >= 0.6 is 0 Å². The number of benzene rings is 2. The van der Waals surface area contributed by atoms with Gasteiger partial charge in [-0.25, -0.2) is 4.79 Å². The summed E-state index contributed by atoms with van der Waals surface area (Å²) in [5.41, 5.74) is 4.57. The number of hydrogen-bond acceptors (Lipinski definition) is 3. The SMILES string of the molecule is COC(=O)c1ccc2c(c1)[C@@H]1[C@H]3CC[C@@H](C3)[C@H]1[C@H](c1ccccc1)N2. The number of ether oxygens (including phenoxy) is 1. The van der Waals surface area contributed by atoms with Crippen LogP contribution < -0.4 is 5.32 Å². The Morgan fingerprint density at radius 2 is 1.88 bits per heavy atom. The van der Waals surface area contributed by atoms with E-state index in [0.29, 0.717) is 23.4 Å². The van der Waals surface area contributed by atoms with E-state index in [1.807, 2.05) is 6.07 Å². The molecule has 128 valence electrons. The van der Waals surface area contributed by atoms with Gasteiger partial charge in [0.05, 0.1) is 18.7 Å². The topological polar surface area (TPSA) is 38.3 Å². The normalized spacial score (nSPS) is 31.8. The van der Waals surface area contributed by atoms with E-state index in [0.717, 1.165) is 11.8 Å². The van der Waals surface area contributed by atoms with Gasteiger partial charge in [0.25, 0.3) is 0 Å². The smallest absolute Gasteiger partial charge is 0.337 e. The van der Waals surface area contributed by atoms with E-state index in [4.69, 9.17) is 4.74 Å². The standard InChI is InChI=1S/C22H23NO2/c1-25-22(24)16-9-10-18-17(12-16)19-14-7-8-15(11-14)20(19)21(23-18)13-5-3-2-4-6-13/h2-6,9-10,12,14-15,19-21,23H,7-8,11H2,1H3/t14-,15-,19-,20+,21-/m0/s1. The van der Waals surface area contributed by atoms with Crippen LogP contribution in [-0.4, -0.2) is 13.1 Å². The zero-order valence-electron chi connectivity index (χ0n) is 14.4. The second-order valence-electron chi connectivity index (χ2n) is 7.76. The molecule has 3 nitrogen and oxygen atoms in total. The Bertz CT molecular complexity index is 816. The number of carbonyl (C=O) groups excluding carboxylic acids is 1. The van der Waals surface area contributed by atoms with E-state index in [1.165, 1.54) is 43.2 Å². The molecular formula is C22H23NO2. The van der Waals surface area contributed by atoms with Crippen molar-refractivity contribution in [3.8, 4) is 0 Å². The lowest BCUT2D eigenvalue weighted by molar-refractivity contribution is 0.0600. The molecule has 2 aliphatic carbocycles. The van der Waals surface area contributed by atoms with Crippen LogP contribution in [0, 0.1) is 17.8 Å². The molecule has 0 saturated heterocycles. The highest BCUT2D eigenvalue weighted by molar-refractivity contribution is 5.90. The molecule has 2 fully saturated rings. The van der Waals surface area contributed by atoms with Gasteiger partial charge in [0.15, 0.2) is 0 Å². The molecule has 2 aromatic carbocycles. The van der Waals surface area contributed by atoms with Crippen molar-refractivity contribution < 1.29 is 9.53 Å². The first-order valence-electron chi connectivity index (χ1n) is 9.30. The van der Waals surface area contributed by atoms with Crippen molar-refractivity contribution in [3.05, 3.63) is 65.2 Å². The monoisotopic (exact) mass is 333 g/mol. The van der Waals surface area contributed by atoms with Crippen molar-refractivity contribution in [3.63, 3.8) is 0 Å². The molecule has 2 bridgehead atoms. The molecule has 1 heterocycles. The number of anilines is 1. The minimum Gasteiger partial charge on any atom is -0.465 e. The minimum atomic E-state index is -0.243. The summed E-state index contributed by atoms with van der Waals surface area (Å²) in [4.78, 5) is 12.0. The van der Waals surface area contributed by atoms with E-state index in [2.05, 4.69) is 47.8 Å².